The normalized spacial score (nSPS) is 12.5. The number of benzene rings is 4. The highest BCUT2D eigenvalue weighted by Crippen LogP contribution is 2.33. The molecule has 0 saturated carbocycles. The molecule has 4 aromatic carbocycles. The number of aromatic nitrogens is 1. The number of aryl methyl sites for hydroxylation is 3. The number of hydrogen-bond donors (Lipinski definition) is 1. The molecule has 1 heterocycles. The summed E-state index contributed by atoms with van der Waals surface area (Å²) in [6.07, 6.45) is 0.534. The van der Waals surface area contributed by atoms with Crippen LogP contribution in [0, 0.1) is 13.8 Å². The van der Waals surface area contributed by atoms with E-state index in [0.29, 0.717) is 34.6 Å². The van der Waals surface area contributed by atoms with Gasteiger partial charge in [-0.05, 0) is 74.4 Å². The number of hydrogen-bond acceptors (Lipinski definition) is 6. The monoisotopic (exact) mass is 592 g/mol. The van der Waals surface area contributed by atoms with E-state index < -0.39 is 6.10 Å². The summed E-state index contributed by atoms with van der Waals surface area (Å²) in [6.45, 7) is 7.03. The molecule has 0 saturated heterocycles. The summed E-state index contributed by atoms with van der Waals surface area (Å²) in [6, 6.07) is 27.8. The standard InChI is InChI=1S/C36H36N2O4S/c1-4-38-33-16-12-26(35(40)29-9-6-5-8-25(29)3)22-30(33)31-23-27(13-17-34(31)38)36(41)32(37-42-20-7-19-39)18-21-43-28-14-10-24(2)11-15-28/h5-6,8-17,19,22-23,36,41H,4,7,18,20-21H2,1-3H3/b37-32+. The lowest BCUT2D eigenvalue weighted by atomic mass is 9.97. The molecule has 1 N–H and O–H groups in total. The fourth-order valence-electron chi connectivity index (χ4n) is 5.32. The second kappa shape index (κ2) is 13.8. The lowest BCUT2D eigenvalue weighted by Gasteiger charge is -2.15. The molecule has 0 bridgehead atoms. The molecular formula is C36H36N2O4S. The molecule has 43 heavy (non-hydrogen) atoms. The second-order valence-electron chi connectivity index (χ2n) is 10.6. The van der Waals surface area contributed by atoms with Crippen LogP contribution in [-0.2, 0) is 16.2 Å². The maximum absolute atomic E-state index is 13.5. The van der Waals surface area contributed by atoms with Gasteiger partial charge in [0.1, 0.15) is 19.0 Å². The van der Waals surface area contributed by atoms with Gasteiger partial charge in [0.2, 0.25) is 0 Å². The molecule has 220 valence electrons. The number of ketones is 1. The average molecular weight is 593 g/mol. The zero-order valence-corrected chi connectivity index (χ0v) is 25.6. The predicted octanol–water partition coefficient (Wildman–Crippen LogP) is 7.84. The smallest absolute Gasteiger partial charge is 0.193 e. The van der Waals surface area contributed by atoms with E-state index in [1.807, 2.05) is 67.6 Å². The fourth-order valence-corrected chi connectivity index (χ4v) is 6.19. The molecular weight excluding hydrogens is 556 g/mol. The van der Waals surface area contributed by atoms with Crippen LogP contribution in [0.25, 0.3) is 21.8 Å². The van der Waals surface area contributed by atoms with E-state index in [1.165, 1.54) is 5.56 Å². The van der Waals surface area contributed by atoms with Crippen molar-refractivity contribution in [3.8, 4) is 0 Å². The van der Waals surface area contributed by atoms with Crippen LogP contribution < -0.4 is 0 Å². The van der Waals surface area contributed by atoms with Crippen molar-refractivity contribution >= 4 is 51.3 Å². The highest BCUT2D eigenvalue weighted by molar-refractivity contribution is 7.99. The molecule has 7 heteroatoms. The Hall–Kier alpha value is -4.20. The molecule has 6 nitrogen and oxygen atoms in total. The molecule has 0 spiro atoms. The minimum absolute atomic E-state index is 0.0124. The summed E-state index contributed by atoms with van der Waals surface area (Å²) < 4.78 is 2.22. The van der Waals surface area contributed by atoms with Gasteiger partial charge in [0.05, 0.1) is 5.71 Å². The first-order chi connectivity index (χ1) is 20.9. The lowest BCUT2D eigenvalue weighted by molar-refractivity contribution is -0.108. The van der Waals surface area contributed by atoms with Crippen LogP contribution in [0.5, 0.6) is 0 Å². The van der Waals surface area contributed by atoms with E-state index in [4.69, 9.17) is 4.84 Å². The third-order valence-corrected chi connectivity index (χ3v) is 8.66. The highest BCUT2D eigenvalue weighted by atomic mass is 32.2. The van der Waals surface area contributed by atoms with E-state index in [9.17, 15) is 14.7 Å². The molecule has 0 aliphatic heterocycles. The van der Waals surface area contributed by atoms with Crippen LogP contribution in [0.1, 0.15) is 58.5 Å². The minimum atomic E-state index is -0.990. The third kappa shape index (κ3) is 6.74. The van der Waals surface area contributed by atoms with Gasteiger partial charge in [-0.1, -0.05) is 53.2 Å². The largest absolute Gasteiger partial charge is 0.395 e. The van der Waals surface area contributed by atoms with Crippen LogP contribution >= 0.6 is 11.8 Å². The SMILES string of the molecule is CCn1c2ccc(C(=O)c3ccccc3C)cc2c2cc(C(O)/C(CCSc3ccc(C)cc3)=N/OCCC=O)ccc21. The molecule has 0 aliphatic rings. The van der Waals surface area contributed by atoms with Crippen LogP contribution in [0.3, 0.4) is 0 Å². The Kier molecular flexibility index (Phi) is 9.75. The zero-order chi connectivity index (χ0) is 30.3. The molecule has 0 amide bonds. The molecule has 0 radical (unpaired) electrons. The fraction of sp³-hybridized carbons (Fsp3) is 0.250. The van der Waals surface area contributed by atoms with Gasteiger partial charge in [-0.25, -0.2) is 0 Å². The Balaban J connectivity index is 1.48. The first kappa shape index (κ1) is 30.3. The van der Waals surface area contributed by atoms with E-state index in [-0.39, 0.29) is 18.8 Å². The van der Waals surface area contributed by atoms with Gasteiger partial charge >= 0.3 is 0 Å². The lowest BCUT2D eigenvalue weighted by Crippen LogP contribution is -2.14. The van der Waals surface area contributed by atoms with E-state index in [0.717, 1.165) is 45.1 Å². The average Bonchev–Trinajstić information content (AvgIpc) is 3.34. The molecule has 5 aromatic rings. The number of aliphatic hydroxyl groups is 1. The zero-order valence-electron chi connectivity index (χ0n) is 24.7. The Labute approximate surface area is 256 Å². The van der Waals surface area contributed by atoms with Crippen molar-refractivity contribution in [1.29, 1.82) is 0 Å². The number of aliphatic hydroxyl groups excluding tert-OH is 1. The number of fused-ring (bicyclic) bond motifs is 3. The van der Waals surface area contributed by atoms with Gasteiger partial charge in [-0.2, -0.15) is 0 Å². The summed E-state index contributed by atoms with van der Waals surface area (Å²) in [5.41, 5.74) is 6.72. The molecule has 1 aromatic heterocycles. The summed E-state index contributed by atoms with van der Waals surface area (Å²) >= 11 is 1.69. The van der Waals surface area contributed by atoms with Crippen LogP contribution in [0.2, 0.25) is 0 Å². The molecule has 1 unspecified atom stereocenters. The maximum Gasteiger partial charge on any atom is 0.193 e. The molecule has 1 atom stereocenters. The number of carbonyl (C=O) groups excluding carboxylic acids is 2. The molecule has 0 fully saturated rings. The van der Waals surface area contributed by atoms with Gasteiger partial charge in [-0.3, -0.25) is 4.79 Å². The van der Waals surface area contributed by atoms with Crippen molar-refractivity contribution in [1.82, 2.24) is 4.57 Å². The van der Waals surface area contributed by atoms with E-state index >= 15 is 0 Å². The van der Waals surface area contributed by atoms with Crippen molar-refractivity contribution in [3.63, 3.8) is 0 Å². The Morgan fingerprint density at radius 1 is 0.977 bits per heavy atom. The number of carbonyl (C=O) groups is 2. The first-order valence-electron chi connectivity index (χ1n) is 14.6. The van der Waals surface area contributed by atoms with Crippen LogP contribution in [0.4, 0.5) is 0 Å². The van der Waals surface area contributed by atoms with Gasteiger partial charge in [0.15, 0.2) is 5.78 Å². The van der Waals surface area contributed by atoms with Gasteiger partial charge in [-0.15, -0.1) is 11.8 Å². The van der Waals surface area contributed by atoms with Crippen LogP contribution in [-0.4, -0.2) is 39.8 Å². The van der Waals surface area contributed by atoms with E-state index in [2.05, 4.69) is 47.8 Å². The number of aldehydes is 1. The van der Waals surface area contributed by atoms with Crippen molar-refractivity contribution in [2.45, 2.75) is 51.2 Å². The van der Waals surface area contributed by atoms with Crippen LogP contribution in [0.15, 0.2) is 95.0 Å². The van der Waals surface area contributed by atoms with Crippen molar-refractivity contribution in [2.24, 2.45) is 5.16 Å². The summed E-state index contributed by atoms with van der Waals surface area (Å²) in [5.74, 6) is 0.694. The number of rotatable bonds is 13. The Morgan fingerprint density at radius 3 is 2.42 bits per heavy atom. The summed E-state index contributed by atoms with van der Waals surface area (Å²) in [7, 11) is 0. The van der Waals surface area contributed by atoms with E-state index in [1.54, 1.807) is 11.8 Å². The Morgan fingerprint density at radius 2 is 1.70 bits per heavy atom. The number of thioether (sulfide) groups is 1. The molecule has 0 aliphatic carbocycles. The second-order valence-corrected chi connectivity index (χ2v) is 11.8. The van der Waals surface area contributed by atoms with Gasteiger partial charge < -0.3 is 19.3 Å². The van der Waals surface area contributed by atoms with Crippen molar-refractivity contribution < 1.29 is 19.5 Å². The first-order valence-corrected chi connectivity index (χ1v) is 15.6. The van der Waals surface area contributed by atoms with Crippen molar-refractivity contribution in [3.05, 3.63) is 113 Å². The predicted molar refractivity (Wildman–Crippen MR) is 175 cm³/mol. The van der Waals surface area contributed by atoms with Gasteiger partial charge in [0.25, 0.3) is 0 Å². The summed E-state index contributed by atoms with van der Waals surface area (Å²) in [5, 5.41) is 17.7. The number of oxime groups is 1. The van der Waals surface area contributed by atoms with Gasteiger partial charge in [0, 0.05) is 63.0 Å². The highest BCUT2D eigenvalue weighted by Gasteiger charge is 2.20. The number of nitrogens with zero attached hydrogens (tertiary/aromatic N) is 2. The third-order valence-electron chi connectivity index (χ3n) is 7.65. The Bertz CT molecular complexity index is 1790. The maximum atomic E-state index is 13.5. The molecule has 5 rings (SSSR count). The topological polar surface area (TPSA) is 80.9 Å². The summed E-state index contributed by atoms with van der Waals surface area (Å²) in [4.78, 5) is 30.8. The quantitative estimate of drug-likeness (QED) is 0.0376. The minimum Gasteiger partial charge on any atom is -0.395 e. The van der Waals surface area contributed by atoms with Crippen molar-refractivity contribution in [2.75, 3.05) is 12.4 Å².